The van der Waals surface area contributed by atoms with Crippen LogP contribution in [-0.2, 0) is 16.0 Å². The van der Waals surface area contributed by atoms with Crippen LogP contribution in [0.2, 0.25) is 0 Å². The van der Waals surface area contributed by atoms with Crippen molar-refractivity contribution in [1.29, 1.82) is 0 Å². The number of hydrogen-bond donors (Lipinski definition) is 1. The summed E-state index contributed by atoms with van der Waals surface area (Å²) in [5.41, 5.74) is 2.32. The predicted molar refractivity (Wildman–Crippen MR) is 76.5 cm³/mol. The highest BCUT2D eigenvalue weighted by atomic mass is 16.4. The molecule has 0 saturated heterocycles. The minimum Gasteiger partial charge on any atom is -0.480 e. The number of nitrogens with zero attached hydrogens (tertiary/aromatic N) is 1. The second-order valence-corrected chi connectivity index (χ2v) is 5.47. The molecular weight excluding hydrogens is 254 g/mol. The van der Waals surface area contributed by atoms with Gasteiger partial charge in [0.25, 0.3) is 0 Å². The molecule has 0 bridgehead atoms. The molecule has 0 heterocycles. The Bertz CT molecular complexity index is 508. The van der Waals surface area contributed by atoms with Gasteiger partial charge < -0.3 is 10.0 Å². The van der Waals surface area contributed by atoms with Crippen molar-refractivity contribution in [3.8, 4) is 0 Å². The van der Waals surface area contributed by atoms with E-state index in [1.54, 1.807) is 11.8 Å². The van der Waals surface area contributed by atoms with Gasteiger partial charge in [-0.3, -0.25) is 4.79 Å². The van der Waals surface area contributed by atoms with E-state index in [9.17, 15) is 9.59 Å². The Labute approximate surface area is 119 Å². The summed E-state index contributed by atoms with van der Waals surface area (Å²) in [6.07, 6.45) is 2.89. The molecule has 0 spiro atoms. The Kier molecular flexibility index (Phi) is 4.42. The van der Waals surface area contributed by atoms with Crippen molar-refractivity contribution < 1.29 is 14.7 Å². The zero-order valence-corrected chi connectivity index (χ0v) is 12.0. The number of carboxylic acid groups (broad SMARTS) is 1. The van der Waals surface area contributed by atoms with Crippen LogP contribution < -0.4 is 0 Å². The predicted octanol–water partition coefficient (Wildman–Crippen LogP) is 2.39. The van der Waals surface area contributed by atoms with Crippen molar-refractivity contribution in [2.45, 2.75) is 51.6 Å². The Balaban J connectivity index is 1.99. The van der Waals surface area contributed by atoms with Crippen molar-refractivity contribution in [3.63, 3.8) is 0 Å². The third-order valence-electron chi connectivity index (χ3n) is 3.87. The molecule has 4 heteroatoms. The first-order valence-electron chi connectivity index (χ1n) is 7.09. The number of aliphatic carboxylic acids is 1. The highest BCUT2D eigenvalue weighted by Gasteiger charge is 2.37. The standard InChI is InChI=1S/C16H21NO3/c1-11-5-3-4-6-13(11)7-10-15(18)17(14-8-9-14)12(2)16(19)20/h3-6,12,14H,7-10H2,1-2H3,(H,19,20). The molecule has 2 rings (SSSR count). The molecule has 20 heavy (non-hydrogen) atoms. The lowest BCUT2D eigenvalue weighted by atomic mass is 10.0. The Morgan fingerprint density at radius 3 is 2.55 bits per heavy atom. The van der Waals surface area contributed by atoms with E-state index in [0.29, 0.717) is 12.8 Å². The van der Waals surface area contributed by atoms with Crippen LogP contribution in [0.15, 0.2) is 24.3 Å². The lowest BCUT2D eigenvalue weighted by Crippen LogP contribution is -2.44. The lowest BCUT2D eigenvalue weighted by molar-refractivity contribution is -0.150. The molecule has 4 nitrogen and oxygen atoms in total. The Hall–Kier alpha value is -1.84. The van der Waals surface area contributed by atoms with Gasteiger partial charge in [0.05, 0.1) is 0 Å². The lowest BCUT2D eigenvalue weighted by Gasteiger charge is -2.26. The van der Waals surface area contributed by atoms with Crippen LogP contribution in [0.25, 0.3) is 0 Å². The van der Waals surface area contributed by atoms with E-state index in [0.717, 1.165) is 18.4 Å². The van der Waals surface area contributed by atoms with Gasteiger partial charge in [-0.1, -0.05) is 24.3 Å². The van der Waals surface area contributed by atoms with Gasteiger partial charge >= 0.3 is 5.97 Å². The number of carbonyl (C=O) groups is 2. The molecule has 0 radical (unpaired) electrons. The molecule has 1 atom stereocenters. The van der Waals surface area contributed by atoms with Gasteiger partial charge in [0.1, 0.15) is 6.04 Å². The number of rotatable bonds is 6. The number of carbonyl (C=O) groups excluding carboxylic acids is 1. The largest absolute Gasteiger partial charge is 0.480 e. The summed E-state index contributed by atoms with van der Waals surface area (Å²) in [6, 6.07) is 7.38. The molecule has 1 aliphatic carbocycles. The van der Waals surface area contributed by atoms with Gasteiger partial charge in [0.15, 0.2) is 0 Å². The van der Waals surface area contributed by atoms with Gasteiger partial charge in [-0.25, -0.2) is 4.79 Å². The van der Waals surface area contributed by atoms with Gasteiger partial charge in [-0.15, -0.1) is 0 Å². The quantitative estimate of drug-likeness (QED) is 0.867. The first-order valence-corrected chi connectivity index (χ1v) is 7.09. The molecule has 1 aromatic rings. The van der Waals surface area contributed by atoms with E-state index >= 15 is 0 Å². The van der Waals surface area contributed by atoms with Crippen molar-refractivity contribution >= 4 is 11.9 Å². The maximum atomic E-state index is 12.3. The fraction of sp³-hybridized carbons (Fsp3) is 0.500. The number of hydrogen-bond acceptors (Lipinski definition) is 2. The van der Waals surface area contributed by atoms with Crippen LogP contribution in [0.3, 0.4) is 0 Å². The first-order chi connectivity index (χ1) is 9.50. The summed E-state index contributed by atoms with van der Waals surface area (Å²) in [7, 11) is 0. The van der Waals surface area contributed by atoms with Crippen LogP contribution in [0.4, 0.5) is 0 Å². The monoisotopic (exact) mass is 275 g/mol. The van der Waals surface area contributed by atoms with E-state index in [-0.39, 0.29) is 11.9 Å². The van der Waals surface area contributed by atoms with E-state index in [4.69, 9.17) is 5.11 Å². The third-order valence-corrected chi connectivity index (χ3v) is 3.87. The second kappa shape index (κ2) is 6.07. The third kappa shape index (κ3) is 3.38. The summed E-state index contributed by atoms with van der Waals surface area (Å²) in [5, 5.41) is 9.11. The second-order valence-electron chi connectivity index (χ2n) is 5.47. The smallest absolute Gasteiger partial charge is 0.326 e. The minimum atomic E-state index is -0.929. The molecule has 1 unspecified atom stereocenters. The Morgan fingerprint density at radius 2 is 2.00 bits per heavy atom. The molecule has 1 amide bonds. The number of carboxylic acids is 1. The van der Waals surface area contributed by atoms with Crippen LogP contribution in [0.1, 0.15) is 37.3 Å². The van der Waals surface area contributed by atoms with Crippen LogP contribution in [0, 0.1) is 6.92 Å². The van der Waals surface area contributed by atoms with E-state index < -0.39 is 12.0 Å². The topological polar surface area (TPSA) is 57.6 Å². The average molecular weight is 275 g/mol. The van der Waals surface area contributed by atoms with Gasteiger partial charge in [-0.05, 0) is 44.2 Å². The van der Waals surface area contributed by atoms with E-state index in [1.165, 1.54) is 5.56 Å². The minimum absolute atomic E-state index is 0.0503. The highest BCUT2D eigenvalue weighted by molar-refractivity contribution is 5.84. The van der Waals surface area contributed by atoms with E-state index in [2.05, 4.69) is 0 Å². The molecule has 0 aromatic heterocycles. The molecule has 1 aliphatic rings. The number of aryl methyl sites for hydroxylation is 2. The van der Waals surface area contributed by atoms with Gasteiger partial charge in [-0.2, -0.15) is 0 Å². The first kappa shape index (κ1) is 14.6. The maximum Gasteiger partial charge on any atom is 0.326 e. The van der Waals surface area contributed by atoms with Crippen molar-refractivity contribution in [1.82, 2.24) is 4.90 Å². The molecule has 1 saturated carbocycles. The van der Waals surface area contributed by atoms with Gasteiger partial charge in [0, 0.05) is 12.5 Å². The zero-order chi connectivity index (χ0) is 14.7. The summed E-state index contributed by atoms with van der Waals surface area (Å²) in [4.78, 5) is 25.0. The van der Waals surface area contributed by atoms with Crippen molar-refractivity contribution in [3.05, 3.63) is 35.4 Å². The zero-order valence-electron chi connectivity index (χ0n) is 12.0. The molecule has 1 aromatic carbocycles. The Morgan fingerprint density at radius 1 is 1.35 bits per heavy atom. The molecule has 1 N–H and O–H groups in total. The molecule has 1 fully saturated rings. The van der Waals surface area contributed by atoms with Gasteiger partial charge in [0.2, 0.25) is 5.91 Å². The summed E-state index contributed by atoms with van der Waals surface area (Å²) < 4.78 is 0. The van der Waals surface area contributed by atoms with Crippen molar-refractivity contribution in [2.24, 2.45) is 0 Å². The summed E-state index contributed by atoms with van der Waals surface area (Å²) >= 11 is 0. The summed E-state index contributed by atoms with van der Waals surface area (Å²) in [6.45, 7) is 3.62. The van der Waals surface area contributed by atoms with Crippen LogP contribution in [-0.4, -0.2) is 34.0 Å². The fourth-order valence-electron chi connectivity index (χ4n) is 2.47. The SMILES string of the molecule is Cc1ccccc1CCC(=O)N(C1CC1)C(C)C(=O)O. The highest BCUT2D eigenvalue weighted by Crippen LogP contribution is 2.29. The molecule has 0 aliphatic heterocycles. The van der Waals surface area contributed by atoms with Crippen LogP contribution >= 0.6 is 0 Å². The van der Waals surface area contributed by atoms with E-state index in [1.807, 2.05) is 31.2 Å². The van der Waals surface area contributed by atoms with Crippen molar-refractivity contribution in [2.75, 3.05) is 0 Å². The summed E-state index contributed by atoms with van der Waals surface area (Å²) in [5.74, 6) is -0.980. The molecular formula is C16H21NO3. The van der Waals surface area contributed by atoms with Crippen LogP contribution in [0.5, 0.6) is 0 Å². The number of benzene rings is 1. The normalized spacial score (nSPS) is 15.7. The maximum absolute atomic E-state index is 12.3. The fourth-order valence-corrected chi connectivity index (χ4v) is 2.47. The average Bonchev–Trinajstić information content (AvgIpc) is 3.22. The number of amides is 1. The molecule has 108 valence electrons.